The van der Waals surface area contributed by atoms with Crippen LogP contribution in [0.4, 0.5) is 4.39 Å². The van der Waals surface area contributed by atoms with Crippen LogP contribution in [0.5, 0.6) is 5.75 Å². The van der Waals surface area contributed by atoms with Gasteiger partial charge in [0, 0.05) is 12.9 Å². The molecule has 0 amide bonds. The number of thioether (sulfide) groups is 1. The summed E-state index contributed by atoms with van der Waals surface area (Å²) in [6.45, 7) is 2.88. The lowest BCUT2D eigenvalue weighted by molar-refractivity contribution is 0.156. The van der Waals surface area contributed by atoms with Crippen molar-refractivity contribution in [1.29, 1.82) is 0 Å². The first-order valence-corrected chi connectivity index (χ1v) is 10.1. The van der Waals surface area contributed by atoms with Gasteiger partial charge in [0.25, 0.3) is 5.56 Å². The lowest BCUT2D eigenvalue weighted by atomic mass is 10.2. The van der Waals surface area contributed by atoms with Crippen LogP contribution in [0.15, 0.2) is 58.5 Å². The SMILES string of the molecule is COCC(C)n1c(SCCCOc2ccc(F)cc2)nc2ccccc2c1=O. The maximum absolute atomic E-state index is 13.0. The zero-order valence-electron chi connectivity index (χ0n) is 15.9. The third-order valence-corrected chi connectivity index (χ3v) is 5.27. The topological polar surface area (TPSA) is 53.4 Å². The molecular formula is C21H23FN2O3S. The normalized spacial score (nSPS) is 12.2. The molecule has 7 heteroatoms. The van der Waals surface area contributed by atoms with Crippen molar-refractivity contribution in [3.8, 4) is 5.75 Å². The van der Waals surface area contributed by atoms with E-state index < -0.39 is 0 Å². The van der Waals surface area contributed by atoms with Crippen molar-refractivity contribution in [2.75, 3.05) is 26.1 Å². The third kappa shape index (κ3) is 4.91. The minimum atomic E-state index is -0.284. The Labute approximate surface area is 167 Å². The fourth-order valence-electron chi connectivity index (χ4n) is 2.88. The number of nitrogens with zero attached hydrogens (tertiary/aromatic N) is 2. The third-order valence-electron chi connectivity index (χ3n) is 4.23. The van der Waals surface area contributed by atoms with Crippen molar-refractivity contribution in [3.63, 3.8) is 0 Å². The molecule has 0 aliphatic heterocycles. The van der Waals surface area contributed by atoms with Crippen LogP contribution in [0.1, 0.15) is 19.4 Å². The fraction of sp³-hybridized carbons (Fsp3) is 0.333. The Morgan fingerprint density at radius 1 is 1.18 bits per heavy atom. The van der Waals surface area contributed by atoms with Gasteiger partial charge in [0.1, 0.15) is 11.6 Å². The smallest absolute Gasteiger partial charge is 0.262 e. The van der Waals surface area contributed by atoms with Gasteiger partial charge in [-0.1, -0.05) is 23.9 Å². The quantitative estimate of drug-likeness (QED) is 0.303. The molecule has 2 aromatic carbocycles. The molecule has 3 aromatic rings. The predicted molar refractivity (Wildman–Crippen MR) is 110 cm³/mol. The van der Waals surface area contributed by atoms with Gasteiger partial charge in [0.2, 0.25) is 0 Å². The van der Waals surface area contributed by atoms with Crippen molar-refractivity contribution in [2.24, 2.45) is 0 Å². The summed E-state index contributed by atoms with van der Waals surface area (Å²) >= 11 is 1.52. The maximum Gasteiger partial charge on any atom is 0.262 e. The Balaban J connectivity index is 1.69. The molecule has 28 heavy (non-hydrogen) atoms. The minimum Gasteiger partial charge on any atom is -0.494 e. The molecule has 1 atom stereocenters. The van der Waals surface area contributed by atoms with Crippen LogP contribution in [0, 0.1) is 5.82 Å². The number of fused-ring (bicyclic) bond motifs is 1. The van der Waals surface area contributed by atoms with Gasteiger partial charge < -0.3 is 9.47 Å². The molecule has 1 unspecified atom stereocenters. The summed E-state index contributed by atoms with van der Waals surface area (Å²) in [4.78, 5) is 17.7. The van der Waals surface area contributed by atoms with Gasteiger partial charge in [-0.15, -0.1) is 0 Å². The Bertz CT molecular complexity index is 976. The van der Waals surface area contributed by atoms with Crippen LogP contribution in [-0.4, -0.2) is 35.6 Å². The highest BCUT2D eigenvalue weighted by Gasteiger charge is 2.16. The number of para-hydroxylation sites is 1. The second-order valence-corrected chi connectivity index (χ2v) is 7.46. The van der Waals surface area contributed by atoms with Crippen molar-refractivity contribution in [2.45, 2.75) is 24.5 Å². The number of methoxy groups -OCH3 is 1. The van der Waals surface area contributed by atoms with Gasteiger partial charge in [-0.25, -0.2) is 9.37 Å². The van der Waals surface area contributed by atoms with Crippen molar-refractivity contribution < 1.29 is 13.9 Å². The summed E-state index contributed by atoms with van der Waals surface area (Å²) in [6, 6.07) is 13.2. The second-order valence-electron chi connectivity index (χ2n) is 6.40. The summed E-state index contributed by atoms with van der Waals surface area (Å²) in [5.41, 5.74) is 0.638. The monoisotopic (exact) mass is 402 g/mol. The van der Waals surface area contributed by atoms with Crippen molar-refractivity contribution in [1.82, 2.24) is 9.55 Å². The van der Waals surface area contributed by atoms with E-state index in [4.69, 9.17) is 14.5 Å². The average molecular weight is 402 g/mol. The first-order valence-electron chi connectivity index (χ1n) is 9.11. The highest BCUT2D eigenvalue weighted by atomic mass is 32.2. The molecule has 0 radical (unpaired) electrons. The number of benzene rings is 2. The Hall–Kier alpha value is -2.38. The molecule has 0 bridgehead atoms. The molecule has 5 nitrogen and oxygen atoms in total. The summed E-state index contributed by atoms with van der Waals surface area (Å²) in [5, 5.41) is 1.28. The molecule has 0 saturated heterocycles. The first kappa shape index (κ1) is 20.4. The first-order chi connectivity index (χ1) is 13.6. The van der Waals surface area contributed by atoms with Gasteiger partial charge >= 0.3 is 0 Å². The van der Waals surface area contributed by atoms with Gasteiger partial charge in [0.15, 0.2) is 5.16 Å². The Morgan fingerprint density at radius 3 is 2.68 bits per heavy atom. The number of aromatic nitrogens is 2. The number of halogens is 1. The molecule has 0 saturated carbocycles. The van der Waals surface area contributed by atoms with Gasteiger partial charge in [-0.05, 0) is 49.7 Å². The molecule has 1 heterocycles. The van der Waals surface area contributed by atoms with Crippen LogP contribution < -0.4 is 10.3 Å². The minimum absolute atomic E-state index is 0.0554. The second kappa shape index (κ2) is 9.71. The van der Waals surface area contributed by atoms with Gasteiger partial charge in [-0.2, -0.15) is 0 Å². The molecule has 0 aliphatic rings. The highest BCUT2D eigenvalue weighted by Crippen LogP contribution is 2.22. The van der Waals surface area contributed by atoms with E-state index in [9.17, 15) is 9.18 Å². The lowest BCUT2D eigenvalue weighted by Gasteiger charge is -2.18. The zero-order valence-corrected chi connectivity index (χ0v) is 16.7. The standard InChI is InChI=1S/C21H23FN2O3S/c1-15(14-26-2)24-20(25)18-6-3-4-7-19(18)23-21(24)28-13-5-12-27-17-10-8-16(22)9-11-17/h3-4,6-11,15H,5,12-14H2,1-2H3. The van der Waals surface area contributed by atoms with E-state index in [0.717, 1.165) is 12.2 Å². The number of rotatable bonds is 9. The zero-order chi connectivity index (χ0) is 19.9. The van der Waals surface area contributed by atoms with E-state index in [-0.39, 0.29) is 17.4 Å². The largest absolute Gasteiger partial charge is 0.494 e. The molecular weight excluding hydrogens is 379 g/mol. The van der Waals surface area contributed by atoms with Crippen LogP contribution in [0.2, 0.25) is 0 Å². The van der Waals surface area contributed by atoms with E-state index in [2.05, 4.69) is 0 Å². The highest BCUT2D eigenvalue weighted by molar-refractivity contribution is 7.99. The van der Waals surface area contributed by atoms with E-state index in [1.54, 1.807) is 29.9 Å². The Morgan fingerprint density at radius 2 is 1.93 bits per heavy atom. The van der Waals surface area contributed by atoms with Crippen LogP contribution in [0.3, 0.4) is 0 Å². The molecule has 1 aromatic heterocycles. The van der Waals surface area contributed by atoms with Crippen molar-refractivity contribution >= 4 is 22.7 Å². The summed E-state index contributed by atoms with van der Waals surface area (Å²) in [6.07, 6.45) is 0.767. The van der Waals surface area contributed by atoms with E-state index in [0.29, 0.717) is 35.0 Å². The Kier molecular flexibility index (Phi) is 7.06. The van der Waals surface area contributed by atoms with Gasteiger partial charge in [0.05, 0.1) is 30.2 Å². The summed E-state index contributed by atoms with van der Waals surface area (Å²) in [7, 11) is 1.62. The van der Waals surface area contributed by atoms with E-state index in [1.165, 1.54) is 23.9 Å². The predicted octanol–water partition coefficient (Wildman–Crippen LogP) is 4.30. The molecule has 0 spiro atoms. The number of hydrogen-bond acceptors (Lipinski definition) is 5. The molecule has 0 N–H and O–H groups in total. The summed E-state index contributed by atoms with van der Waals surface area (Å²) < 4.78 is 25.5. The van der Waals surface area contributed by atoms with Crippen LogP contribution >= 0.6 is 11.8 Å². The van der Waals surface area contributed by atoms with E-state index >= 15 is 0 Å². The van der Waals surface area contributed by atoms with Gasteiger partial charge in [-0.3, -0.25) is 9.36 Å². The lowest BCUT2D eigenvalue weighted by Crippen LogP contribution is -2.28. The number of ether oxygens (including phenoxy) is 2. The summed E-state index contributed by atoms with van der Waals surface area (Å²) in [5.74, 6) is 1.10. The average Bonchev–Trinajstić information content (AvgIpc) is 2.69. The van der Waals surface area contributed by atoms with Crippen LogP contribution in [-0.2, 0) is 4.74 Å². The van der Waals surface area contributed by atoms with Crippen LogP contribution in [0.25, 0.3) is 10.9 Å². The van der Waals surface area contributed by atoms with Crippen molar-refractivity contribution in [3.05, 3.63) is 64.7 Å². The molecule has 3 rings (SSSR count). The number of hydrogen-bond donors (Lipinski definition) is 0. The molecule has 0 fully saturated rings. The maximum atomic E-state index is 13.0. The fourth-order valence-corrected chi connectivity index (χ4v) is 3.88. The van der Waals surface area contributed by atoms with E-state index in [1.807, 2.05) is 25.1 Å². The molecule has 0 aliphatic carbocycles. The molecule has 148 valence electrons.